The molecule has 6 nitrogen and oxygen atoms in total. The van der Waals surface area contributed by atoms with Gasteiger partial charge in [0, 0.05) is 0 Å². The Balaban J connectivity index is 0.000000568. The van der Waals surface area contributed by atoms with Gasteiger partial charge in [0.1, 0.15) is 10.0 Å². The third kappa shape index (κ3) is 5.56. The van der Waals surface area contributed by atoms with Gasteiger partial charge in [-0.05, 0) is 6.42 Å². The fourth-order valence-electron chi connectivity index (χ4n) is 2.43. The van der Waals surface area contributed by atoms with E-state index in [9.17, 15) is 26.1 Å². The van der Waals surface area contributed by atoms with Crippen LogP contribution in [0.25, 0.3) is 11.0 Å². The second kappa shape index (κ2) is 9.55. The molecule has 28 heavy (non-hydrogen) atoms. The van der Waals surface area contributed by atoms with E-state index in [1.807, 2.05) is 6.92 Å². The van der Waals surface area contributed by atoms with Crippen LogP contribution in [0, 0.1) is 0 Å². The quantitative estimate of drug-likeness (QED) is 0.193. The molecule has 0 radical (unpaired) electrons. The Kier molecular flexibility index (Phi) is 8.71. The highest BCUT2D eigenvalue weighted by Gasteiger charge is 2.47. The van der Waals surface area contributed by atoms with Gasteiger partial charge in [0.2, 0.25) is 10.4 Å². The predicted octanol–water partition coefficient (Wildman–Crippen LogP) is 4.99. The van der Waals surface area contributed by atoms with Gasteiger partial charge in [-0.25, -0.2) is 17.6 Å². The lowest BCUT2D eigenvalue weighted by Crippen LogP contribution is -2.38. The number of benzene rings is 1. The van der Waals surface area contributed by atoms with Crippen LogP contribution in [0.4, 0.5) is 13.2 Å². The number of nitrogens with zero attached hydrogens (tertiary/aromatic N) is 2. The van der Waals surface area contributed by atoms with Crippen molar-refractivity contribution in [2.45, 2.75) is 32.5 Å². The maximum absolute atomic E-state index is 13.4. The molecule has 0 bridgehead atoms. The molecule has 0 N–H and O–H groups in total. The monoisotopic (exact) mass is 504 g/mol. The van der Waals surface area contributed by atoms with Crippen molar-refractivity contribution < 1.29 is 34.9 Å². The van der Waals surface area contributed by atoms with Crippen molar-refractivity contribution in [3.8, 4) is 0 Å². The molecular weight excluding hydrogens is 491 g/mol. The van der Waals surface area contributed by atoms with Gasteiger partial charge in [-0.3, -0.25) is 4.18 Å². The van der Waals surface area contributed by atoms with Crippen molar-refractivity contribution >= 4 is 67.8 Å². The summed E-state index contributed by atoms with van der Waals surface area (Å²) in [6, 6.07) is 0. The maximum Gasteiger partial charge on any atom is 0.495 e. The van der Waals surface area contributed by atoms with Gasteiger partial charge in [0.05, 0.1) is 30.7 Å². The minimum atomic E-state index is -4.56. The average molecular weight is 506 g/mol. The van der Waals surface area contributed by atoms with Crippen LogP contribution in [0.3, 0.4) is 0 Å². The minimum absolute atomic E-state index is 0.0340. The Hall–Kier alpha value is -0.490. The first kappa shape index (κ1) is 25.5. The predicted molar refractivity (Wildman–Crippen MR) is 99.8 cm³/mol. The van der Waals surface area contributed by atoms with Crippen LogP contribution < -0.4 is 4.57 Å². The van der Waals surface area contributed by atoms with Crippen molar-refractivity contribution in [2.75, 3.05) is 7.11 Å². The molecule has 0 spiro atoms. The number of unbranched alkanes of at least 4 members (excludes halogenated alkanes) is 1. The second-order valence-electron chi connectivity index (χ2n) is 5.41. The molecule has 0 unspecified atom stereocenters. The van der Waals surface area contributed by atoms with E-state index >= 15 is 0 Å². The van der Waals surface area contributed by atoms with E-state index in [-0.39, 0.29) is 37.7 Å². The molecule has 1 aromatic carbocycles. The summed E-state index contributed by atoms with van der Waals surface area (Å²) in [4.78, 5) is 0. The zero-order chi connectivity index (χ0) is 22.0. The average Bonchev–Trinajstić information content (AvgIpc) is 2.88. The molecule has 0 aliphatic carbocycles. The van der Waals surface area contributed by atoms with Gasteiger partial charge >= 0.3 is 12.0 Å². The molecule has 160 valence electrons. The Morgan fingerprint density at radius 1 is 1.11 bits per heavy atom. The number of halogens is 7. The number of alkyl halides is 3. The van der Waals surface area contributed by atoms with Crippen molar-refractivity contribution in [1.29, 1.82) is 0 Å². The van der Waals surface area contributed by atoms with E-state index in [4.69, 9.17) is 46.4 Å². The molecule has 0 aliphatic heterocycles. The molecule has 0 aliphatic rings. The van der Waals surface area contributed by atoms with Crippen LogP contribution in [-0.2, 0) is 34.4 Å². The smallest absolute Gasteiger partial charge is 0.495 e. The number of hydrogen-bond acceptors (Lipinski definition) is 4. The number of aryl methyl sites for hydroxylation is 2. The lowest BCUT2D eigenvalue weighted by molar-refractivity contribution is -0.667. The number of hydrogen-bond donors (Lipinski definition) is 0. The van der Waals surface area contributed by atoms with Gasteiger partial charge in [-0.15, -0.1) is 0 Å². The van der Waals surface area contributed by atoms with Gasteiger partial charge < -0.3 is 4.55 Å². The number of imidazole rings is 1. The molecule has 0 saturated heterocycles. The summed E-state index contributed by atoms with van der Waals surface area (Å²) in [6.45, 7) is 2.04. The lowest BCUT2D eigenvalue weighted by Gasteiger charge is -2.06. The largest absolute Gasteiger partial charge is 0.726 e. The number of rotatable bonds is 4. The topological polar surface area (TPSA) is 75.2 Å². The molecule has 0 fully saturated rings. The van der Waals surface area contributed by atoms with E-state index in [1.54, 1.807) is 0 Å². The first-order chi connectivity index (χ1) is 12.7. The second-order valence-corrected chi connectivity index (χ2v) is 8.08. The molecule has 0 saturated carbocycles. The van der Waals surface area contributed by atoms with Crippen molar-refractivity contribution in [2.24, 2.45) is 7.05 Å². The summed E-state index contributed by atoms with van der Waals surface area (Å²) < 4.78 is 73.4. The molecule has 0 atom stereocenters. The fourth-order valence-corrected chi connectivity index (χ4v) is 3.49. The van der Waals surface area contributed by atoms with Gasteiger partial charge in [0.25, 0.3) is 0 Å². The van der Waals surface area contributed by atoms with Crippen LogP contribution in [0.2, 0.25) is 20.1 Å². The van der Waals surface area contributed by atoms with E-state index in [2.05, 4.69) is 4.18 Å². The van der Waals surface area contributed by atoms with Crippen LogP contribution in [0.15, 0.2) is 0 Å². The molecule has 14 heteroatoms. The van der Waals surface area contributed by atoms with Crippen molar-refractivity contribution in [3.05, 3.63) is 25.9 Å². The first-order valence-electron chi connectivity index (χ1n) is 7.51. The first-order valence-corrected chi connectivity index (χ1v) is 10.4. The van der Waals surface area contributed by atoms with E-state index < -0.39 is 22.4 Å². The summed E-state index contributed by atoms with van der Waals surface area (Å²) in [5.41, 5.74) is 0.258. The van der Waals surface area contributed by atoms with Crippen molar-refractivity contribution in [3.63, 3.8) is 0 Å². The highest BCUT2D eigenvalue weighted by atomic mass is 35.5. The number of fused-ring (bicyclic) bond motifs is 1. The maximum atomic E-state index is 13.4. The van der Waals surface area contributed by atoms with Gasteiger partial charge in [-0.2, -0.15) is 13.2 Å². The normalized spacial score (nSPS) is 12.2. The Morgan fingerprint density at radius 2 is 1.57 bits per heavy atom. The van der Waals surface area contributed by atoms with Crippen molar-refractivity contribution in [1.82, 2.24) is 4.57 Å². The Labute approximate surface area is 179 Å². The van der Waals surface area contributed by atoms with Crippen LogP contribution in [0.5, 0.6) is 0 Å². The lowest BCUT2D eigenvalue weighted by atomic mass is 10.3. The summed E-state index contributed by atoms with van der Waals surface area (Å²) >= 11 is 24.2. The van der Waals surface area contributed by atoms with Crippen LogP contribution >= 0.6 is 46.4 Å². The SMILES string of the molecule is CCCCn1c(C(F)(F)F)[n+](C)c2c(Cl)c(Cl)c(Cl)c(Cl)c21.COS(=O)(=O)[O-]. The molecule has 1 heterocycles. The number of aromatic nitrogens is 2. The summed E-state index contributed by atoms with van der Waals surface area (Å²) in [6.07, 6.45) is -3.28. The minimum Gasteiger partial charge on any atom is -0.726 e. The zero-order valence-corrected chi connectivity index (χ0v) is 18.5. The summed E-state index contributed by atoms with van der Waals surface area (Å²) in [7, 11) is -2.33. The van der Waals surface area contributed by atoms with Gasteiger partial charge in [0.15, 0.2) is 11.0 Å². The third-order valence-corrected chi connectivity index (χ3v) is 5.78. The highest BCUT2D eigenvalue weighted by Crippen LogP contribution is 2.44. The fraction of sp³-hybridized carbons (Fsp3) is 0.500. The van der Waals surface area contributed by atoms with E-state index in [0.29, 0.717) is 6.42 Å². The highest BCUT2D eigenvalue weighted by molar-refractivity contribution is 7.80. The molecule has 2 rings (SSSR count). The van der Waals surface area contributed by atoms with Gasteiger partial charge in [-0.1, -0.05) is 59.7 Å². The van der Waals surface area contributed by atoms with E-state index in [0.717, 1.165) is 22.7 Å². The molecule has 0 amide bonds. The molecule has 1 aromatic heterocycles. The summed E-state index contributed by atoms with van der Waals surface area (Å²) in [5, 5.41) is -0.189. The van der Waals surface area contributed by atoms with E-state index in [1.165, 1.54) is 7.05 Å². The zero-order valence-electron chi connectivity index (χ0n) is 14.7. The Bertz CT molecular complexity index is 978. The molecular formula is C14H15Cl4F3N2O4S. The van der Waals surface area contributed by atoms with Crippen LogP contribution in [0.1, 0.15) is 25.6 Å². The molecule has 2 aromatic rings. The summed E-state index contributed by atoms with van der Waals surface area (Å²) in [5.74, 6) is -0.849. The third-order valence-electron chi connectivity index (χ3n) is 3.59. The van der Waals surface area contributed by atoms with Crippen LogP contribution in [-0.4, -0.2) is 24.6 Å². The standard InChI is InChI=1S/C13H12Cl4F3N2.CH4O4S/c1-3-4-5-22-11-9(17)7(15)6(14)8(16)10(11)21(2)12(22)13(18,19)20;1-5-6(2,3)4/h3-5H2,1-2H3;1H3,(H,2,3,4)/q+1;/p-1. The Morgan fingerprint density at radius 3 is 1.96 bits per heavy atom.